The van der Waals surface area contributed by atoms with Crippen molar-refractivity contribution in [1.82, 2.24) is 5.32 Å². The summed E-state index contributed by atoms with van der Waals surface area (Å²) in [5.41, 5.74) is 1.08. The first-order valence-corrected chi connectivity index (χ1v) is 5.18. The van der Waals surface area contributed by atoms with Crippen molar-refractivity contribution < 1.29 is 4.39 Å². The highest BCUT2D eigenvalue weighted by Crippen LogP contribution is 2.08. The summed E-state index contributed by atoms with van der Waals surface area (Å²) < 4.78 is 12.8. The molecule has 0 spiro atoms. The number of rotatable bonds is 5. The lowest BCUT2D eigenvalue weighted by atomic mass is 10.0. The van der Waals surface area contributed by atoms with Gasteiger partial charge in [-0.2, -0.15) is 0 Å². The number of halogens is 1. The molecule has 1 nitrogen and oxygen atoms in total. The Morgan fingerprint density at radius 1 is 1.43 bits per heavy atom. The highest BCUT2D eigenvalue weighted by Gasteiger charge is 2.03. The zero-order valence-corrected chi connectivity index (χ0v) is 8.89. The molecule has 1 rings (SSSR count). The Morgan fingerprint density at radius 3 is 2.79 bits per heavy atom. The molecule has 1 atom stereocenters. The molecule has 0 aliphatic rings. The predicted molar refractivity (Wildman–Crippen MR) is 57.9 cm³/mol. The van der Waals surface area contributed by atoms with E-state index >= 15 is 0 Å². The van der Waals surface area contributed by atoms with Crippen LogP contribution in [0.2, 0.25) is 0 Å². The Labute approximate surface area is 85.3 Å². The number of hydrogen-bond acceptors (Lipinski definition) is 1. The monoisotopic (exact) mass is 195 g/mol. The summed E-state index contributed by atoms with van der Waals surface area (Å²) in [6.45, 7) is 2.16. The molecule has 0 saturated carbocycles. The first-order valence-electron chi connectivity index (χ1n) is 5.18. The third kappa shape index (κ3) is 3.46. The van der Waals surface area contributed by atoms with Gasteiger partial charge in [0.05, 0.1) is 0 Å². The molecule has 0 heterocycles. The second kappa shape index (κ2) is 5.76. The molecule has 78 valence electrons. The van der Waals surface area contributed by atoms with Crippen LogP contribution in [-0.2, 0) is 6.42 Å². The van der Waals surface area contributed by atoms with Crippen LogP contribution in [0.25, 0.3) is 0 Å². The summed E-state index contributed by atoms with van der Waals surface area (Å²) in [7, 11) is 1.97. The first-order chi connectivity index (χ1) is 6.76. The minimum atomic E-state index is -0.139. The molecule has 1 aromatic carbocycles. The second-order valence-corrected chi connectivity index (χ2v) is 3.56. The van der Waals surface area contributed by atoms with Crippen LogP contribution in [0, 0.1) is 5.82 Å². The predicted octanol–water partition coefficient (Wildman–Crippen LogP) is 2.76. The molecule has 1 aromatic rings. The average molecular weight is 195 g/mol. The quantitative estimate of drug-likeness (QED) is 0.761. The van der Waals surface area contributed by atoms with E-state index in [0.717, 1.165) is 24.8 Å². The maximum absolute atomic E-state index is 12.8. The fourth-order valence-corrected chi connectivity index (χ4v) is 1.59. The molecular weight excluding hydrogens is 177 g/mol. The minimum Gasteiger partial charge on any atom is -0.317 e. The molecule has 0 radical (unpaired) electrons. The SMILES string of the molecule is CCC(CCc1cccc(F)c1)NC. The van der Waals surface area contributed by atoms with Gasteiger partial charge in [0, 0.05) is 6.04 Å². The number of hydrogen-bond donors (Lipinski definition) is 1. The van der Waals surface area contributed by atoms with Gasteiger partial charge in [0.25, 0.3) is 0 Å². The van der Waals surface area contributed by atoms with Crippen LogP contribution in [0.3, 0.4) is 0 Å². The second-order valence-electron chi connectivity index (χ2n) is 3.56. The number of aryl methyl sites for hydroxylation is 1. The summed E-state index contributed by atoms with van der Waals surface area (Å²) in [4.78, 5) is 0. The van der Waals surface area contributed by atoms with E-state index in [1.165, 1.54) is 6.07 Å². The highest BCUT2D eigenvalue weighted by atomic mass is 19.1. The number of nitrogens with one attached hydrogen (secondary N) is 1. The number of benzene rings is 1. The van der Waals surface area contributed by atoms with Gasteiger partial charge in [-0.05, 0) is 44.0 Å². The molecule has 2 heteroatoms. The van der Waals surface area contributed by atoms with Gasteiger partial charge in [-0.1, -0.05) is 19.1 Å². The fourth-order valence-electron chi connectivity index (χ4n) is 1.59. The standard InChI is InChI=1S/C12H18FN/c1-3-12(14-2)8-7-10-5-4-6-11(13)9-10/h4-6,9,12,14H,3,7-8H2,1-2H3. The van der Waals surface area contributed by atoms with Crippen molar-refractivity contribution in [3.05, 3.63) is 35.6 Å². The summed E-state index contributed by atoms with van der Waals surface area (Å²) >= 11 is 0. The van der Waals surface area contributed by atoms with E-state index in [9.17, 15) is 4.39 Å². The van der Waals surface area contributed by atoms with E-state index < -0.39 is 0 Å². The van der Waals surface area contributed by atoms with E-state index in [-0.39, 0.29) is 5.82 Å². The van der Waals surface area contributed by atoms with E-state index in [0.29, 0.717) is 6.04 Å². The fraction of sp³-hybridized carbons (Fsp3) is 0.500. The summed E-state index contributed by atoms with van der Waals surface area (Å²) in [5, 5.41) is 3.24. The van der Waals surface area contributed by atoms with Gasteiger partial charge in [0.2, 0.25) is 0 Å². The van der Waals surface area contributed by atoms with Gasteiger partial charge in [0.1, 0.15) is 5.82 Å². The van der Waals surface area contributed by atoms with E-state index in [1.807, 2.05) is 13.1 Å². The lowest BCUT2D eigenvalue weighted by Crippen LogP contribution is -2.24. The Hall–Kier alpha value is -0.890. The molecule has 0 aliphatic carbocycles. The summed E-state index contributed by atoms with van der Waals surface area (Å²) in [6.07, 6.45) is 3.12. The van der Waals surface area contributed by atoms with E-state index in [4.69, 9.17) is 0 Å². The largest absolute Gasteiger partial charge is 0.317 e. The zero-order valence-electron chi connectivity index (χ0n) is 8.89. The summed E-state index contributed by atoms with van der Waals surface area (Å²) in [6, 6.07) is 7.39. The lowest BCUT2D eigenvalue weighted by Gasteiger charge is -2.13. The highest BCUT2D eigenvalue weighted by molar-refractivity contribution is 5.16. The van der Waals surface area contributed by atoms with E-state index in [2.05, 4.69) is 12.2 Å². The maximum Gasteiger partial charge on any atom is 0.123 e. The van der Waals surface area contributed by atoms with Crippen molar-refractivity contribution in [2.45, 2.75) is 32.2 Å². The summed E-state index contributed by atoms with van der Waals surface area (Å²) in [5.74, 6) is -0.139. The van der Waals surface area contributed by atoms with Crippen molar-refractivity contribution in [2.24, 2.45) is 0 Å². The Bertz CT molecular complexity index is 269. The normalized spacial score (nSPS) is 12.8. The van der Waals surface area contributed by atoms with Crippen LogP contribution < -0.4 is 5.32 Å². The van der Waals surface area contributed by atoms with E-state index in [1.54, 1.807) is 12.1 Å². The van der Waals surface area contributed by atoms with Crippen LogP contribution in [0.5, 0.6) is 0 Å². The van der Waals surface area contributed by atoms with Crippen molar-refractivity contribution >= 4 is 0 Å². The van der Waals surface area contributed by atoms with Crippen molar-refractivity contribution in [1.29, 1.82) is 0 Å². The maximum atomic E-state index is 12.8. The average Bonchev–Trinajstić information content (AvgIpc) is 2.19. The van der Waals surface area contributed by atoms with Gasteiger partial charge in [-0.3, -0.25) is 0 Å². The van der Waals surface area contributed by atoms with Crippen LogP contribution in [0.1, 0.15) is 25.3 Å². The van der Waals surface area contributed by atoms with Crippen molar-refractivity contribution in [3.63, 3.8) is 0 Å². The van der Waals surface area contributed by atoms with Gasteiger partial charge in [0.15, 0.2) is 0 Å². The smallest absolute Gasteiger partial charge is 0.123 e. The Morgan fingerprint density at radius 2 is 2.21 bits per heavy atom. The Balaban J connectivity index is 2.44. The zero-order chi connectivity index (χ0) is 10.4. The van der Waals surface area contributed by atoms with Gasteiger partial charge in [-0.15, -0.1) is 0 Å². The molecule has 0 aliphatic heterocycles. The van der Waals surface area contributed by atoms with Crippen LogP contribution >= 0.6 is 0 Å². The minimum absolute atomic E-state index is 0.139. The molecule has 0 bridgehead atoms. The molecular formula is C12H18FN. The molecule has 0 amide bonds. The van der Waals surface area contributed by atoms with Crippen molar-refractivity contribution in [2.75, 3.05) is 7.05 Å². The molecule has 1 unspecified atom stereocenters. The van der Waals surface area contributed by atoms with Crippen LogP contribution in [0.4, 0.5) is 4.39 Å². The van der Waals surface area contributed by atoms with Crippen LogP contribution in [0.15, 0.2) is 24.3 Å². The molecule has 14 heavy (non-hydrogen) atoms. The molecule has 0 aromatic heterocycles. The molecule has 0 fully saturated rings. The topological polar surface area (TPSA) is 12.0 Å². The van der Waals surface area contributed by atoms with Gasteiger partial charge < -0.3 is 5.32 Å². The molecule has 1 N–H and O–H groups in total. The molecule has 0 saturated heterocycles. The third-order valence-electron chi connectivity index (χ3n) is 2.57. The van der Waals surface area contributed by atoms with Gasteiger partial charge in [-0.25, -0.2) is 4.39 Å². The third-order valence-corrected chi connectivity index (χ3v) is 2.57. The van der Waals surface area contributed by atoms with Gasteiger partial charge >= 0.3 is 0 Å². The first kappa shape index (κ1) is 11.2. The van der Waals surface area contributed by atoms with Crippen LogP contribution in [-0.4, -0.2) is 13.1 Å². The van der Waals surface area contributed by atoms with Crippen molar-refractivity contribution in [3.8, 4) is 0 Å². The Kier molecular flexibility index (Phi) is 4.60. The lowest BCUT2D eigenvalue weighted by molar-refractivity contribution is 0.508.